The molecule has 2 unspecified atom stereocenters. The fourth-order valence-electron chi connectivity index (χ4n) is 2.45. The van der Waals surface area contributed by atoms with Crippen LogP contribution in [0.3, 0.4) is 0 Å². The van der Waals surface area contributed by atoms with Gasteiger partial charge in [-0.15, -0.1) is 0 Å². The average molecular weight is 205 g/mol. The van der Waals surface area contributed by atoms with Crippen LogP contribution < -0.4 is 5.32 Å². The SMILES string of the molecule is CCC1CCCCC1Nc1ccncn1. The summed E-state index contributed by atoms with van der Waals surface area (Å²) in [5.74, 6) is 1.78. The van der Waals surface area contributed by atoms with Gasteiger partial charge in [-0.25, -0.2) is 9.97 Å². The molecule has 0 radical (unpaired) electrons. The van der Waals surface area contributed by atoms with Crippen molar-refractivity contribution >= 4 is 5.82 Å². The summed E-state index contributed by atoms with van der Waals surface area (Å²) in [4.78, 5) is 8.15. The number of hydrogen-bond donors (Lipinski definition) is 1. The minimum absolute atomic E-state index is 0.610. The lowest BCUT2D eigenvalue weighted by atomic mass is 9.83. The fraction of sp³-hybridized carbons (Fsp3) is 0.667. The van der Waals surface area contributed by atoms with E-state index in [1.807, 2.05) is 6.07 Å². The van der Waals surface area contributed by atoms with Gasteiger partial charge in [0.05, 0.1) is 0 Å². The van der Waals surface area contributed by atoms with Gasteiger partial charge in [0.1, 0.15) is 12.1 Å². The van der Waals surface area contributed by atoms with Crippen molar-refractivity contribution in [3.05, 3.63) is 18.6 Å². The monoisotopic (exact) mass is 205 g/mol. The molecule has 2 rings (SSSR count). The van der Waals surface area contributed by atoms with Crippen molar-refractivity contribution in [3.63, 3.8) is 0 Å². The van der Waals surface area contributed by atoms with E-state index >= 15 is 0 Å². The molecule has 0 bridgehead atoms. The molecule has 1 saturated carbocycles. The van der Waals surface area contributed by atoms with Gasteiger partial charge in [0.15, 0.2) is 0 Å². The highest BCUT2D eigenvalue weighted by Crippen LogP contribution is 2.28. The van der Waals surface area contributed by atoms with Crippen LogP contribution >= 0.6 is 0 Å². The van der Waals surface area contributed by atoms with Crippen molar-refractivity contribution in [1.82, 2.24) is 9.97 Å². The van der Waals surface area contributed by atoms with Crippen LogP contribution in [0.15, 0.2) is 18.6 Å². The molecule has 15 heavy (non-hydrogen) atoms. The Kier molecular flexibility index (Phi) is 3.54. The Labute approximate surface area is 91.3 Å². The van der Waals surface area contributed by atoms with Crippen LogP contribution in [0, 0.1) is 5.92 Å². The van der Waals surface area contributed by atoms with E-state index in [1.165, 1.54) is 32.1 Å². The van der Waals surface area contributed by atoms with Gasteiger partial charge in [-0.1, -0.05) is 26.2 Å². The van der Waals surface area contributed by atoms with Gasteiger partial charge in [0, 0.05) is 12.2 Å². The summed E-state index contributed by atoms with van der Waals surface area (Å²) in [6.07, 6.45) is 10.0. The molecule has 0 spiro atoms. The average Bonchev–Trinajstić information content (AvgIpc) is 2.31. The smallest absolute Gasteiger partial charge is 0.129 e. The molecule has 1 aliphatic carbocycles. The fourth-order valence-corrected chi connectivity index (χ4v) is 2.45. The number of nitrogens with zero attached hydrogens (tertiary/aromatic N) is 2. The second-order valence-corrected chi connectivity index (χ2v) is 4.30. The number of nitrogens with one attached hydrogen (secondary N) is 1. The van der Waals surface area contributed by atoms with Gasteiger partial charge < -0.3 is 5.32 Å². The third-order valence-electron chi connectivity index (χ3n) is 3.35. The van der Waals surface area contributed by atoms with E-state index in [0.717, 1.165) is 11.7 Å². The van der Waals surface area contributed by atoms with Gasteiger partial charge in [-0.2, -0.15) is 0 Å². The van der Waals surface area contributed by atoms with Crippen LogP contribution in [0.4, 0.5) is 5.82 Å². The molecule has 1 heterocycles. The van der Waals surface area contributed by atoms with E-state index in [0.29, 0.717) is 6.04 Å². The van der Waals surface area contributed by atoms with E-state index in [-0.39, 0.29) is 0 Å². The summed E-state index contributed by atoms with van der Waals surface area (Å²) in [5, 5.41) is 3.53. The normalized spacial score (nSPS) is 26.2. The summed E-state index contributed by atoms with van der Waals surface area (Å²) in [7, 11) is 0. The first kappa shape index (κ1) is 10.4. The highest BCUT2D eigenvalue weighted by molar-refractivity contribution is 5.33. The maximum atomic E-state index is 4.22. The van der Waals surface area contributed by atoms with Gasteiger partial charge in [-0.3, -0.25) is 0 Å². The summed E-state index contributed by atoms with van der Waals surface area (Å²) < 4.78 is 0. The lowest BCUT2D eigenvalue weighted by molar-refractivity contribution is 0.317. The Bertz CT molecular complexity index is 286. The Morgan fingerprint density at radius 1 is 1.40 bits per heavy atom. The van der Waals surface area contributed by atoms with E-state index in [4.69, 9.17) is 0 Å². The zero-order valence-electron chi connectivity index (χ0n) is 9.32. The van der Waals surface area contributed by atoms with Crippen molar-refractivity contribution in [1.29, 1.82) is 0 Å². The highest BCUT2D eigenvalue weighted by Gasteiger charge is 2.23. The lowest BCUT2D eigenvalue weighted by Gasteiger charge is -2.31. The number of rotatable bonds is 3. The van der Waals surface area contributed by atoms with Gasteiger partial charge in [0.2, 0.25) is 0 Å². The van der Waals surface area contributed by atoms with Crippen molar-refractivity contribution in [3.8, 4) is 0 Å². The Morgan fingerprint density at radius 3 is 3.00 bits per heavy atom. The van der Waals surface area contributed by atoms with Crippen molar-refractivity contribution in [2.24, 2.45) is 5.92 Å². The topological polar surface area (TPSA) is 37.8 Å². The molecule has 0 aromatic carbocycles. The molecule has 1 fully saturated rings. The summed E-state index contributed by atoms with van der Waals surface area (Å²) in [6.45, 7) is 2.28. The predicted octanol–water partition coefficient (Wildman–Crippen LogP) is 2.86. The minimum Gasteiger partial charge on any atom is -0.367 e. The third-order valence-corrected chi connectivity index (χ3v) is 3.35. The predicted molar refractivity (Wildman–Crippen MR) is 61.7 cm³/mol. The minimum atomic E-state index is 0.610. The Hall–Kier alpha value is -1.12. The highest BCUT2D eigenvalue weighted by atomic mass is 15.0. The Morgan fingerprint density at radius 2 is 2.27 bits per heavy atom. The first-order valence-electron chi connectivity index (χ1n) is 5.92. The number of hydrogen-bond acceptors (Lipinski definition) is 3. The Balaban J connectivity index is 1.97. The molecule has 1 aromatic heterocycles. The first-order chi connectivity index (χ1) is 7.40. The zero-order chi connectivity index (χ0) is 10.5. The van der Waals surface area contributed by atoms with Crippen molar-refractivity contribution in [2.75, 3.05) is 5.32 Å². The molecular weight excluding hydrogens is 186 g/mol. The number of aromatic nitrogens is 2. The molecule has 1 aliphatic rings. The second kappa shape index (κ2) is 5.10. The first-order valence-corrected chi connectivity index (χ1v) is 5.92. The molecule has 1 N–H and O–H groups in total. The molecule has 0 saturated heterocycles. The number of anilines is 1. The van der Waals surface area contributed by atoms with E-state index in [2.05, 4.69) is 22.2 Å². The van der Waals surface area contributed by atoms with Gasteiger partial charge >= 0.3 is 0 Å². The van der Waals surface area contributed by atoms with Crippen LogP contribution in [-0.2, 0) is 0 Å². The molecule has 82 valence electrons. The summed E-state index contributed by atoms with van der Waals surface area (Å²) >= 11 is 0. The maximum absolute atomic E-state index is 4.22. The lowest BCUT2D eigenvalue weighted by Crippen LogP contribution is -2.32. The van der Waals surface area contributed by atoms with E-state index < -0.39 is 0 Å². The molecule has 0 amide bonds. The summed E-state index contributed by atoms with van der Waals surface area (Å²) in [6, 6.07) is 2.56. The van der Waals surface area contributed by atoms with E-state index in [9.17, 15) is 0 Å². The van der Waals surface area contributed by atoms with Crippen LogP contribution in [-0.4, -0.2) is 16.0 Å². The third kappa shape index (κ3) is 2.67. The van der Waals surface area contributed by atoms with Crippen LogP contribution in [0.2, 0.25) is 0 Å². The molecule has 0 aliphatic heterocycles. The van der Waals surface area contributed by atoms with Gasteiger partial charge in [0.25, 0.3) is 0 Å². The summed E-state index contributed by atoms with van der Waals surface area (Å²) in [5.41, 5.74) is 0. The quantitative estimate of drug-likeness (QED) is 0.824. The largest absolute Gasteiger partial charge is 0.367 e. The van der Waals surface area contributed by atoms with Crippen molar-refractivity contribution in [2.45, 2.75) is 45.1 Å². The molecule has 3 heteroatoms. The zero-order valence-corrected chi connectivity index (χ0v) is 9.32. The molecule has 1 aromatic rings. The standard InChI is InChI=1S/C12H19N3/c1-2-10-5-3-4-6-11(10)15-12-7-8-13-9-14-12/h7-11H,2-6H2,1H3,(H,13,14,15). The maximum Gasteiger partial charge on any atom is 0.129 e. The molecule has 2 atom stereocenters. The van der Waals surface area contributed by atoms with Crippen LogP contribution in [0.25, 0.3) is 0 Å². The van der Waals surface area contributed by atoms with Gasteiger partial charge in [-0.05, 0) is 24.8 Å². The second-order valence-electron chi connectivity index (χ2n) is 4.30. The van der Waals surface area contributed by atoms with Crippen LogP contribution in [0.1, 0.15) is 39.0 Å². The molecular formula is C12H19N3. The van der Waals surface area contributed by atoms with Crippen molar-refractivity contribution < 1.29 is 0 Å². The van der Waals surface area contributed by atoms with E-state index in [1.54, 1.807) is 12.5 Å². The molecule has 3 nitrogen and oxygen atoms in total. The van der Waals surface area contributed by atoms with Crippen LogP contribution in [0.5, 0.6) is 0 Å².